The normalized spacial score (nSPS) is 14.7. The maximum absolute atomic E-state index is 6.90. The molecule has 0 atom stereocenters. The van der Waals surface area contributed by atoms with Crippen molar-refractivity contribution in [2.45, 2.75) is 38.5 Å². The van der Waals surface area contributed by atoms with Gasteiger partial charge in [-0.25, -0.2) is 0 Å². The van der Waals surface area contributed by atoms with Crippen LogP contribution in [-0.2, 0) is 10.8 Å². The molecule has 0 radical (unpaired) electrons. The van der Waals surface area contributed by atoms with Gasteiger partial charge in [0.05, 0.1) is 11.4 Å². The largest absolute Gasteiger partial charge is 0.457 e. The Balaban J connectivity index is 1.05. The lowest BCUT2D eigenvalue weighted by molar-refractivity contribution is 0.121. The summed E-state index contributed by atoms with van der Waals surface area (Å²) in [6.07, 6.45) is 4.01. The van der Waals surface area contributed by atoms with Crippen LogP contribution >= 0.6 is 0 Å². The topological polar surface area (TPSA) is 44.2 Å². The van der Waals surface area contributed by atoms with E-state index in [2.05, 4.69) is 161 Å². The van der Waals surface area contributed by atoms with Crippen molar-refractivity contribution >= 4 is 64.6 Å². The summed E-state index contributed by atoms with van der Waals surface area (Å²) in [6.45, 7) is 9.37. The van der Waals surface area contributed by atoms with Gasteiger partial charge < -0.3 is 9.47 Å². The summed E-state index contributed by atoms with van der Waals surface area (Å²) in [5, 5.41) is 14.4. The highest BCUT2D eigenvalue weighted by Gasteiger charge is 2.43. The number of fused-ring (bicyclic) bond motifs is 18. The van der Waals surface area contributed by atoms with E-state index in [-0.39, 0.29) is 17.6 Å². The lowest BCUT2D eigenvalue weighted by Gasteiger charge is -2.26. The second kappa shape index (κ2) is 11.4. The van der Waals surface area contributed by atoms with Crippen LogP contribution in [0, 0.1) is 0 Å². The molecule has 0 bridgehead atoms. The standard InChI is InChI=1S/C53H38N2O2/c1-52(2)46-38-19-11-7-15-34(38)27-54-50(46)44-40(25-32-23-21-30-13-5-9-17-36(30)42(32)48(44)52)56-29-57-41-26-33-24-22-31-14-6-10-18-37(31)43(33)49-45(41)51-47(53(49,3)4)39-20-12-8-16-35(39)28-55-51/h5-28H,29H2,1-4H3. The molecule has 0 fully saturated rings. The zero-order valence-electron chi connectivity index (χ0n) is 32.3. The quantitative estimate of drug-likeness (QED) is 0.133. The van der Waals surface area contributed by atoms with Gasteiger partial charge in [-0.2, -0.15) is 0 Å². The van der Waals surface area contributed by atoms with E-state index in [4.69, 9.17) is 19.4 Å². The Bertz CT molecular complexity index is 3170. The van der Waals surface area contributed by atoms with Crippen LogP contribution < -0.4 is 9.47 Å². The number of ether oxygens (including phenoxy) is 2. The molecule has 4 nitrogen and oxygen atoms in total. The smallest absolute Gasteiger partial charge is 0.230 e. The summed E-state index contributed by atoms with van der Waals surface area (Å²) in [7, 11) is 0. The average molecular weight is 735 g/mol. The Morgan fingerprint density at radius 2 is 0.772 bits per heavy atom. The minimum atomic E-state index is -0.340. The molecule has 2 aliphatic rings. The van der Waals surface area contributed by atoms with Crippen LogP contribution in [-0.4, -0.2) is 16.8 Å². The Morgan fingerprint density at radius 1 is 0.404 bits per heavy atom. The zero-order valence-corrected chi connectivity index (χ0v) is 32.3. The van der Waals surface area contributed by atoms with Gasteiger partial charge in [-0.3, -0.25) is 9.97 Å². The van der Waals surface area contributed by atoms with Gasteiger partial charge in [0.2, 0.25) is 6.79 Å². The molecular weight excluding hydrogens is 697 g/mol. The van der Waals surface area contributed by atoms with Crippen LogP contribution in [0.3, 0.4) is 0 Å². The Kier molecular flexibility index (Phi) is 6.49. The minimum Gasteiger partial charge on any atom is -0.457 e. The fourth-order valence-corrected chi connectivity index (χ4v) is 10.6. The van der Waals surface area contributed by atoms with Crippen molar-refractivity contribution in [3.63, 3.8) is 0 Å². The molecule has 0 aliphatic heterocycles. The van der Waals surface area contributed by atoms with E-state index >= 15 is 0 Å². The average Bonchev–Trinajstić information content (AvgIpc) is 3.64. The molecule has 0 saturated heterocycles. The Hall–Kier alpha value is -6.78. The van der Waals surface area contributed by atoms with Crippen LogP contribution in [0.2, 0.25) is 0 Å². The molecule has 0 unspecified atom stereocenters. The Morgan fingerprint density at radius 3 is 1.21 bits per heavy atom. The third-order valence-corrected chi connectivity index (χ3v) is 13.0. The molecule has 2 aliphatic carbocycles. The minimum absolute atomic E-state index is 0.0176. The molecule has 0 N–H and O–H groups in total. The highest BCUT2D eigenvalue weighted by Crippen LogP contribution is 2.59. The number of pyridine rings is 2. The predicted octanol–water partition coefficient (Wildman–Crippen LogP) is 13.4. The van der Waals surface area contributed by atoms with E-state index in [1.54, 1.807) is 0 Å². The first kappa shape index (κ1) is 32.5. The molecule has 8 aromatic carbocycles. The van der Waals surface area contributed by atoms with Crippen molar-refractivity contribution in [1.82, 2.24) is 9.97 Å². The van der Waals surface area contributed by atoms with Crippen molar-refractivity contribution in [3.8, 4) is 34.0 Å². The first-order valence-electron chi connectivity index (χ1n) is 19.8. The number of hydrogen-bond acceptors (Lipinski definition) is 4. The number of hydrogen-bond donors (Lipinski definition) is 0. The van der Waals surface area contributed by atoms with E-state index in [9.17, 15) is 0 Å². The van der Waals surface area contributed by atoms with Gasteiger partial charge in [0.25, 0.3) is 0 Å². The van der Waals surface area contributed by atoms with Crippen LogP contribution in [0.25, 0.3) is 87.1 Å². The van der Waals surface area contributed by atoms with Crippen molar-refractivity contribution in [3.05, 3.63) is 168 Å². The number of rotatable bonds is 4. The van der Waals surface area contributed by atoms with Crippen molar-refractivity contribution < 1.29 is 9.47 Å². The monoisotopic (exact) mass is 734 g/mol. The highest BCUT2D eigenvalue weighted by molar-refractivity contribution is 6.16. The number of benzene rings is 8. The molecule has 10 aromatic rings. The molecular formula is C53H38N2O2. The second-order valence-electron chi connectivity index (χ2n) is 16.8. The molecule has 2 heterocycles. The van der Waals surface area contributed by atoms with Gasteiger partial charge in [-0.1, -0.05) is 149 Å². The molecule has 4 heteroatoms. The highest BCUT2D eigenvalue weighted by atomic mass is 16.7. The van der Waals surface area contributed by atoms with Crippen molar-refractivity contribution in [2.24, 2.45) is 0 Å². The molecule has 57 heavy (non-hydrogen) atoms. The van der Waals surface area contributed by atoms with E-state index in [1.165, 1.54) is 65.3 Å². The van der Waals surface area contributed by atoms with E-state index in [0.29, 0.717) is 0 Å². The van der Waals surface area contributed by atoms with Gasteiger partial charge in [0.15, 0.2) is 0 Å². The summed E-state index contributed by atoms with van der Waals surface area (Å²) >= 11 is 0. The van der Waals surface area contributed by atoms with Gasteiger partial charge in [0, 0.05) is 45.1 Å². The lowest BCUT2D eigenvalue weighted by atomic mass is 9.78. The second-order valence-corrected chi connectivity index (χ2v) is 16.8. The maximum Gasteiger partial charge on any atom is 0.230 e. The molecule has 2 aromatic heterocycles. The molecule has 272 valence electrons. The van der Waals surface area contributed by atoms with Crippen LogP contribution in [0.4, 0.5) is 0 Å². The summed E-state index contributed by atoms with van der Waals surface area (Å²) in [5.41, 5.74) is 8.32. The van der Waals surface area contributed by atoms with Crippen LogP contribution in [0.5, 0.6) is 11.5 Å². The Labute approximate surface area is 330 Å². The van der Waals surface area contributed by atoms with Crippen LogP contribution in [0.1, 0.15) is 49.9 Å². The van der Waals surface area contributed by atoms with E-state index in [1.807, 2.05) is 12.4 Å². The summed E-state index contributed by atoms with van der Waals surface area (Å²) in [5.74, 6) is 1.55. The van der Waals surface area contributed by atoms with Gasteiger partial charge in [0.1, 0.15) is 11.5 Å². The first-order chi connectivity index (χ1) is 27.8. The van der Waals surface area contributed by atoms with Gasteiger partial charge in [-0.15, -0.1) is 0 Å². The summed E-state index contributed by atoms with van der Waals surface area (Å²) < 4.78 is 13.8. The summed E-state index contributed by atoms with van der Waals surface area (Å²) in [4.78, 5) is 10.4. The van der Waals surface area contributed by atoms with Crippen molar-refractivity contribution in [1.29, 1.82) is 0 Å². The number of nitrogens with zero attached hydrogens (tertiary/aromatic N) is 2. The number of aromatic nitrogens is 2. The van der Waals surface area contributed by atoms with Crippen LogP contribution in [0.15, 0.2) is 146 Å². The third kappa shape index (κ3) is 4.33. The lowest BCUT2D eigenvalue weighted by Crippen LogP contribution is -2.17. The molecule has 0 saturated carbocycles. The fourth-order valence-electron chi connectivity index (χ4n) is 10.6. The predicted molar refractivity (Wildman–Crippen MR) is 235 cm³/mol. The zero-order chi connectivity index (χ0) is 38.2. The first-order valence-corrected chi connectivity index (χ1v) is 19.8. The molecule has 0 amide bonds. The molecule has 12 rings (SSSR count). The van der Waals surface area contributed by atoms with E-state index in [0.717, 1.165) is 55.6 Å². The van der Waals surface area contributed by atoms with Crippen molar-refractivity contribution in [2.75, 3.05) is 6.79 Å². The fraction of sp³-hybridized carbons (Fsp3) is 0.132. The summed E-state index contributed by atoms with van der Waals surface area (Å²) in [6, 6.07) is 47.8. The van der Waals surface area contributed by atoms with Gasteiger partial charge >= 0.3 is 0 Å². The maximum atomic E-state index is 6.90. The SMILES string of the molecule is CC1(C)c2c(ncc3ccccc23)-c2c(OCOc3cc4ccc5ccccc5c4c4c3-c3ncc5ccccc5c3C4(C)C)cc3ccc4ccccc4c3c21. The van der Waals surface area contributed by atoms with Gasteiger partial charge in [-0.05, 0) is 88.2 Å². The molecule has 0 spiro atoms. The van der Waals surface area contributed by atoms with E-state index < -0.39 is 0 Å². The third-order valence-electron chi connectivity index (χ3n) is 13.0.